The summed E-state index contributed by atoms with van der Waals surface area (Å²) in [5.41, 5.74) is -0.709. The number of imide groups is 1. The molecular formula is C26H33FN2O4. The molecule has 0 unspecified atom stereocenters. The Hall–Kier alpha value is -2.93. The van der Waals surface area contributed by atoms with Gasteiger partial charge in [0, 0.05) is 25.6 Å². The summed E-state index contributed by atoms with van der Waals surface area (Å²) in [6, 6.07) is 9.23. The summed E-state index contributed by atoms with van der Waals surface area (Å²) in [5.74, 6) is -1.05. The van der Waals surface area contributed by atoms with Gasteiger partial charge in [-0.1, -0.05) is 62.9 Å². The minimum absolute atomic E-state index is 0.0500. The van der Waals surface area contributed by atoms with Crippen molar-refractivity contribution in [3.63, 3.8) is 0 Å². The maximum Gasteiger partial charge on any atom is 0.417 e. The average molecular weight is 457 g/mol. The first-order valence-corrected chi connectivity index (χ1v) is 11.2. The van der Waals surface area contributed by atoms with Crippen molar-refractivity contribution in [2.75, 3.05) is 26.8 Å². The van der Waals surface area contributed by atoms with Crippen LogP contribution in [-0.4, -0.2) is 60.3 Å². The molecule has 1 aromatic carbocycles. The number of rotatable bonds is 8. The van der Waals surface area contributed by atoms with Crippen molar-refractivity contribution in [1.29, 1.82) is 0 Å². The molecule has 178 valence electrons. The van der Waals surface area contributed by atoms with Gasteiger partial charge >= 0.3 is 6.09 Å². The zero-order chi connectivity index (χ0) is 24.2. The average Bonchev–Trinajstić information content (AvgIpc) is 3.35. The number of carbonyl (C=O) groups is 2. The van der Waals surface area contributed by atoms with E-state index in [0.717, 1.165) is 10.5 Å². The Morgan fingerprint density at radius 1 is 1.33 bits per heavy atom. The van der Waals surface area contributed by atoms with Gasteiger partial charge in [-0.15, -0.1) is 0 Å². The smallest absolute Gasteiger partial charge is 0.417 e. The van der Waals surface area contributed by atoms with E-state index in [1.165, 1.54) is 0 Å². The molecule has 6 nitrogen and oxygen atoms in total. The minimum atomic E-state index is -2.31. The highest BCUT2D eigenvalue weighted by atomic mass is 19.1. The number of cyclic esters (lactones) is 1. The Morgan fingerprint density at radius 2 is 2.03 bits per heavy atom. The third kappa shape index (κ3) is 5.19. The largest absolute Gasteiger partial charge is 0.501 e. The lowest BCUT2D eigenvalue weighted by Gasteiger charge is -2.32. The van der Waals surface area contributed by atoms with Gasteiger partial charge in [0.05, 0.1) is 18.9 Å². The van der Waals surface area contributed by atoms with E-state index in [9.17, 15) is 9.59 Å². The Morgan fingerprint density at radius 3 is 2.64 bits per heavy atom. The Bertz CT molecular complexity index is 943. The van der Waals surface area contributed by atoms with Crippen LogP contribution in [0.2, 0.25) is 0 Å². The number of benzene rings is 1. The normalized spacial score (nSPS) is 26.6. The Kier molecular flexibility index (Phi) is 7.74. The number of amides is 2. The highest BCUT2D eigenvalue weighted by Crippen LogP contribution is 2.41. The number of halogens is 1. The number of alkyl halides is 1. The van der Waals surface area contributed by atoms with Crippen molar-refractivity contribution in [1.82, 2.24) is 9.80 Å². The van der Waals surface area contributed by atoms with E-state index in [1.54, 1.807) is 32.3 Å². The quantitative estimate of drug-likeness (QED) is 0.426. The molecule has 0 radical (unpaired) electrons. The maximum atomic E-state index is 16.8. The number of carbonyl (C=O) groups excluding carboxylic acids is 2. The van der Waals surface area contributed by atoms with Gasteiger partial charge in [-0.25, -0.2) is 14.1 Å². The molecule has 2 heterocycles. The van der Waals surface area contributed by atoms with Gasteiger partial charge in [0.2, 0.25) is 5.67 Å². The fraction of sp³-hybridized carbons (Fsp3) is 0.462. The van der Waals surface area contributed by atoms with E-state index in [1.807, 2.05) is 49.1 Å². The van der Waals surface area contributed by atoms with Crippen molar-refractivity contribution < 1.29 is 23.5 Å². The van der Waals surface area contributed by atoms with Crippen LogP contribution >= 0.6 is 0 Å². The molecule has 2 aliphatic heterocycles. The van der Waals surface area contributed by atoms with Crippen molar-refractivity contribution >= 4 is 12.0 Å². The molecule has 3 atom stereocenters. The highest BCUT2D eigenvalue weighted by molar-refractivity contribution is 5.99. The first-order chi connectivity index (χ1) is 15.7. The number of likely N-dealkylation sites (tertiary alicyclic amines) is 1. The van der Waals surface area contributed by atoms with Crippen LogP contribution in [-0.2, 0) is 20.8 Å². The van der Waals surface area contributed by atoms with E-state index >= 15 is 4.39 Å². The van der Waals surface area contributed by atoms with Gasteiger partial charge in [0.1, 0.15) is 6.61 Å². The first kappa shape index (κ1) is 24.7. The monoisotopic (exact) mass is 456 g/mol. The zero-order valence-corrected chi connectivity index (χ0v) is 19.8. The molecule has 1 aromatic rings. The number of nitrogens with zero attached hydrogens (tertiary/aromatic N) is 2. The molecule has 0 spiro atoms. The summed E-state index contributed by atoms with van der Waals surface area (Å²) in [6.45, 7) is 10.2. The third-order valence-electron chi connectivity index (χ3n) is 6.42. The topological polar surface area (TPSA) is 59.1 Å². The van der Waals surface area contributed by atoms with E-state index in [0.29, 0.717) is 24.4 Å². The van der Waals surface area contributed by atoms with Crippen LogP contribution < -0.4 is 0 Å². The van der Waals surface area contributed by atoms with Crippen LogP contribution in [0.15, 0.2) is 66.5 Å². The molecule has 2 aliphatic rings. The summed E-state index contributed by atoms with van der Waals surface area (Å²) >= 11 is 0. The highest BCUT2D eigenvalue weighted by Gasteiger charge is 2.58. The Balaban J connectivity index is 1.98. The van der Waals surface area contributed by atoms with E-state index < -0.39 is 29.6 Å². The number of hydrogen-bond acceptors (Lipinski definition) is 5. The fourth-order valence-corrected chi connectivity index (χ4v) is 4.42. The van der Waals surface area contributed by atoms with Gasteiger partial charge in [0.25, 0.3) is 5.91 Å². The molecule has 0 aromatic heterocycles. The third-order valence-corrected chi connectivity index (χ3v) is 6.42. The van der Waals surface area contributed by atoms with Crippen LogP contribution in [0.25, 0.3) is 0 Å². The summed E-state index contributed by atoms with van der Waals surface area (Å²) < 4.78 is 27.2. The molecule has 0 saturated carbocycles. The molecule has 0 aliphatic carbocycles. The van der Waals surface area contributed by atoms with Crippen molar-refractivity contribution in [3.8, 4) is 0 Å². The van der Waals surface area contributed by atoms with Gasteiger partial charge < -0.3 is 9.47 Å². The van der Waals surface area contributed by atoms with E-state index in [2.05, 4.69) is 6.58 Å². The van der Waals surface area contributed by atoms with E-state index in [-0.39, 0.29) is 19.1 Å². The molecule has 7 heteroatoms. The van der Waals surface area contributed by atoms with E-state index in [4.69, 9.17) is 9.47 Å². The lowest BCUT2D eigenvalue weighted by molar-refractivity contribution is -0.143. The molecular weight excluding hydrogens is 423 g/mol. The molecule has 0 bridgehead atoms. The fourth-order valence-electron chi connectivity index (χ4n) is 4.42. The molecule has 2 amide bonds. The van der Waals surface area contributed by atoms with Crippen molar-refractivity contribution in [2.45, 2.75) is 39.0 Å². The number of ether oxygens (including phenoxy) is 2. The second-order valence-electron chi connectivity index (χ2n) is 8.99. The number of hydrogen-bond donors (Lipinski definition) is 0. The maximum absolute atomic E-state index is 16.8. The Labute approximate surface area is 195 Å². The van der Waals surface area contributed by atoms with Crippen LogP contribution in [0, 0.1) is 11.8 Å². The van der Waals surface area contributed by atoms with Crippen LogP contribution in [0.5, 0.6) is 0 Å². The van der Waals surface area contributed by atoms with Crippen LogP contribution in [0.4, 0.5) is 9.18 Å². The SMILES string of the molecule is C=C/C(=C\C=C(/C)OC)[C@@H]1CN(Cc2ccccc2)C[C@@]1(F)C(=O)N1C(=O)OC[C@H]1C(C)C. The van der Waals surface area contributed by atoms with Crippen molar-refractivity contribution in [3.05, 3.63) is 72.0 Å². The van der Waals surface area contributed by atoms with Crippen LogP contribution in [0.3, 0.4) is 0 Å². The predicted molar refractivity (Wildman–Crippen MR) is 125 cm³/mol. The molecule has 3 rings (SSSR count). The minimum Gasteiger partial charge on any atom is -0.501 e. The summed E-state index contributed by atoms with van der Waals surface area (Å²) in [5, 5.41) is 0. The molecule has 2 saturated heterocycles. The van der Waals surface area contributed by atoms with Gasteiger partial charge in [-0.3, -0.25) is 9.69 Å². The molecule has 33 heavy (non-hydrogen) atoms. The summed E-state index contributed by atoms with van der Waals surface area (Å²) in [6.07, 6.45) is 4.24. The van der Waals surface area contributed by atoms with Gasteiger partial charge in [-0.2, -0.15) is 0 Å². The van der Waals surface area contributed by atoms with Gasteiger partial charge in [0.15, 0.2) is 0 Å². The number of allylic oxidation sites excluding steroid dienone is 4. The second-order valence-corrected chi connectivity index (χ2v) is 8.99. The molecule has 0 N–H and O–H groups in total. The standard InChI is InChI=1S/C26H33FN2O4/c1-6-21(13-12-19(4)32-5)22-15-28(14-20-10-8-7-9-11-20)17-26(22,27)24(30)29-23(18(2)3)16-33-25(29)31/h6-13,18,22-23H,1,14-17H2,2-5H3/b19-12+,21-13+/t22-,23-,26-/m0/s1. The molecule has 2 fully saturated rings. The van der Waals surface area contributed by atoms with Crippen LogP contribution in [0.1, 0.15) is 26.3 Å². The summed E-state index contributed by atoms with van der Waals surface area (Å²) in [7, 11) is 1.55. The van der Waals surface area contributed by atoms with Gasteiger partial charge in [-0.05, 0) is 30.1 Å². The summed E-state index contributed by atoms with van der Waals surface area (Å²) in [4.78, 5) is 29.0. The predicted octanol–water partition coefficient (Wildman–Crippen LogP) is 4.49. The number of methoxy groups -OCH3 is 1. The lowest BCUT2D eigenvalue weighted by Crippen LogP contribution is -2.55. The lowest BCUT2D eigenvalue weighted by atomic mass is 9.84. The second kappa shape index (κ2) is 10.3. The van der Waals surface area contributed by atoms with Crippen molar-refractivity contribution in [2.24, 2.45) is 11.8 Å². The zero-order valence-electron chi connectivity index (χ0n) is 19.8. The first-order valence-electron chi connectivity index (χ1n) is 11.2.